The first-order chi connectivity index (χ1) is 9.66. The van der Waals surface area contributed by atoms with Gasteiger partial charge >= 0.3 is 0 Å². The van der Waals surface area contributed by atoms with Crippen LogP contribution < -0.4 is 0 Å². The summed E-state index contributed by atoms with van der Waals surface area (Å²) < 4.78 is 0. The molecule has 21 heavy (non-hydrogen) atoms. The van der Waals surface area contributed by atoms with Crippen LogP contribution in [0.25, 0.3) is 0 Å². The van der Waals surface area contributed by atoms with Gasteiger partial charge < -0.3 is 5.11 Å². The van der Waals surface area contributed by atoms with Crippen LogP contribution in [0.15, 0.2) is 24.3 Å². The van der Waals surface area contributed by atoms with E-state index in [1.54, 1.807) is 11.6 Å². The van der Waals surface area contributed by atoms with Crippen molar-refractivity contribution in [1.82, 2.24) is 0 Å². The third kappa shape index (κ3) is 2.86. The van der Waals surface area contributed by atoms with Crippen molar-refractivity contribution in [2.75, 3.05) is 0 Å². The molecule has 0 amide bonds. The smallest absolute Gasteiger partial charge is 0.0797 e. The first kappa shape index (κ1) is 16.8. The van der Waals surface area contributed by atoms with E-state index < -0.39 is 5.60 Å². The fourth-order valence-electron chi connectivity index (χ4n) is 4.96. The molecule has 1 fully saturated rings. The lowest BCUT2D eigenvalue weighted by atomic mass is 9.47. The average Bonchev–Trinajstić information content (AvgIpc) is 2.44. The van der Waals surface area contributed by atoms with Gasteiger partial charge in [-0.15, -0.1) is 6.58 Å². The van der Waals surface area contributed by atoms with Crippen LogP contribution in [0.5, 0.6) is 0 Å². The van der Waals surface area contributed by atoms with Crippen molar-refractivity contribution in [3.05, 3.63) is 24.3 Å². The van der Waals surface area contributed by atoms with E-state index in [9.17, 15) is 5.11 Å². The SMILES string of the molecule is C=C[C@](C)(O)CC[C@]1(C)[C@H]2CCC=C(C)[C@@]2(C)CC[C@@H]1C. The van der Waals surface area contributed by atoms with Gasteiger partial charge in [0.2, 0.25) is 0 Å². The largest absolute Gasteiger partial charge is 0.386 e. The Morgan fingerprint density at radius 1 is 1.43 bits per heavy atom. The molecule has 1 saturated carbocycles. The van der Waals surface area contributed by atoms with Crippen molar-refractivity contribution in [2.24, 2.45) is 22.7 Å². The average molecular weight is 290 g/mol. The van der Waals surface area contributed by atoms with Gasteiger partial charge in [0, 0.05) is 0 Å². The van der Waals surface area contributed by atoms with Crippen molar-refractivity contribution >= 4 is 0 Å². The number of rotatable bonds is 4. The van der Waals surface area contributed by atoms with Crippen LogP contribution in [0.2, 0.25) is 0 Å². The summed E-state index contributed by atoms with van der Waals surface area (Å²) in [5.74, 6) is 1.49. The zero-order valence-corrected chi connectivity index (χ0v) is 14.7. The molecular weight excluding hydrogens is 256 g/mol. The summed E-state index contributed by atoms with van der Waals surface area (Å²) in [4.78, 5) is 0. The van der Waals surface area contributed by atoms with Gasteiger partial charge in [-0.1, -0.05) is 38.5 Å². The fourth-order valence-corrected chi connectivity index (χ4v) is 4.96. The number of hydrogen-bond donors (Lipinski definition) is 1. The van der Waals surface area contributed by atoms with E-state index in [-0.39, 0.29) is 0 Å². The van der Waals surface area contributed by atoms with Gasteiger partial charge in [-0.25, -0.2) is 0 Å². The van der Waals surface area contributed by atoms with E-state index in [2.05, 4.69) is 40.3 Å². The first-order valence-corrected chi connectivity index (χ1v) is 8.69. The maximum Gasteiger partial charge on any atom is 0.0797 e. The van der Waals surface area contributed by atoms with E-state index in [0.717, 1.165) is 24.7 Å². The Morgan fingerprint density at radius 2 is 2.10 bits per heavy atom. The summed E-state index contributed by atoms with van der Waals surface area (Å²) >= 11 is 0. The van der Waals surface area contributed by atoms with Crippen LogP contribution in [0.4, 0.5) is 0 Å². The van der Waals surface area contributed by atoms with Gasteiger partial charge in [0.1, 0.15) is 0 Å². The molecule has 1 heteroatoms. The van der Waals surface area contributed by atoms with Crippen LogP contribution in [0, 0.1) is 22.7 Å². The normalized spacial score (nSPS) is 42.7. The lowest BCUT2D eigenvalue weighted by molar-refractivity contribution is -0.0582. The van der Waals surface area contributed by atoms with Crippen LogP contribution >= 0.6 is 0 Å². The summed E-state index contributed by atoms with van der Waals surface area (Å²) in [5, 5.41) is 10.3. The Kier molecular flexibility index (Phi) is 4.46. The van der Waals surface area contributed by atoms with Crippen molar-refractivity contribution in [2.45, 2.75) is 78.7 Å². The molecule has 120 valence electrons. The fraction of sp³-hybridized carbons (Fsp3) is 0.800. The highest BCUT2D eigenvalue weighted by atomic mass is 16.3. The van der Waals surface area contributed by atoms with Crippen molar-refractivity contribution < 1.29 is 5.11 Å². The van der Waals surface area contributed by atoms with Crippen molar-refractivity contribution in [3.8, 4) is 0 Å². The minimum Gasteiger partial charge on any atom is -0.386 e. The molecular formula is C20H34O. The Hall–Kier alpha value is -0.560. The number of aliphatic hydroxyl groups is 1. The third-order valence-corrected chi connectivity index (χ3v) is 7.20. The second-order valence-electron chi connectivity index (χ2n) is 8.44. The molecule has 2 aliphatic carbocycles. The van der Waals surface area contributed by atoms with Crippen LogP contribution in [0.3, 0.4) is 0 Å². The molecule has 0 aromatic carbocycles. The Morgan fingerprint density at radius 3 is 2.71 bits per heavy atom. The van der Waals surface area contributed by atoms with Gasteiger partial charge in [-0.05, 0) is 75.0 Å². The summed E-state index contributed by atoms with van der Waals surface area (Å²) in [5.41, 5.74) is 1.58. The topological polar surface area (TPSA) is 20.2 Å². The summed E-state index contributed by atoms with van der Waals surface area (Å²) in [6, 6.07) is 0. The molecule has 0 radical (unpaired) electrons. The van der Waals surface area contributed by atoms with E-state index in [1.807, 2.05) is 6.92 Å². The Balaban J connectivity index is 2.27. The van der Waals surface area contributed by atoms with E-state index >= 15 is 0 Å². The van der Waals surface area contributed by atoms with Gasteiger partial charge in [0.15, 0.2) is 0 Å². The predicted octanol–water partition coefficient (Wildman–Crippen LogP) is 5.50. The molecule has 0 aromatic rings. The molecule has 1 N–H and O–H groups in total. The molecule has 0 unspecified atom stereocenters. The van der Waals surface area contributed by atoms with Gasteiger partial charge in [0.25, 0.3) is 0 Å². The van der Waals surface area contributed by atoms with E-state index in [4.69, 9.17) is 0 Å². The Labute approximate surface area is 131 Å². The lowest BCUT2D eigenvalue weighted by Crippen LogP contribution is -2.50. The van der Waals surface area contributed by atoms with Crippen LogP contribution in [0.1, 0.15) is 73.1 Å². The minimum absolute atomic E-state index is 0.329. The zero-order chi connectivity index (χ0) is 15.9. The van der Waals surface area contributed by atoms with Gasteiger partial charge in [0.05, 0.1) is 5.60 Å². The maximum absolute atomic E-state index is 10.3. The number of hydrogen-bond acceptors (Lipinski definition) is 1. The Bertz CT molecular complexity index is 433. The molecule has 2 aliphatic rings. The van der Waals surface area contributed by atoms with E-state index in [0.29, 0.717) is 10.8 Å². The molecule has 0 aromatic heterocycles. The molecule has 5 atom stereocenters. The monoisotopic (exact) mass is 290 g/mol. The number of allylic oxidation sites excluding steroid dienone is 2. The van der Waals surface area contributed by atoms with Gasteiger partial charge in [-0.3, -0.25) is 0 Å². The molecule has 0 spiro atoms. The molecule has 1 nitrogen and oxygen atoms in total. The maximum atomic E-state index is 10.3. The second-order valence-corrected chi connectivity index (χ2v) is 8.44. The molecule has 2 rings (SSSR count). The molecule has 0 heterocycles. The summed E-state index contributed by atoms with van der Waals surface area (Å²) in [6.07, 6.45) is 11.3. The molecule has 0 saturated heterocycles. The quantitative estimate of drug-likeness (QED) is 0.678. The first-order valence-electron chi connectivity index (χ1n) is 8.69. The van der Waals surface area contributed by atoms with Crippen molar-refractivity contribution in [3.63, 3.8) is 0 Å². The second kappa shape index (κ2) is 5.57. The van der Waals surface area contributed by atoms with E-state index in [1.165, 1.54) is 25.7 Å². The predicted molar refractivity (Wildman–Crippen MR) is 91.1 cm³/mol. The highest BCUT2D eigenvalue weighted by molar-refractivity contribution is 5.20. The third-order valence-electron chi connectivity index (χ3n) is 7.20. The van der Waals surface area contributed by atoms with Crippen LogP contribution in [-0.4, -0.2) is 10.7 Å². The van der Waals surface area contributed by atoms with Gasteiger partial charge in [-0.2, -0.15) is 0 Å². The highest BCUT2D eigenvalue weighted by Crippen LogP contribution is 2.61. The molecule has 0 bridgehead atoms. The number of fused-ring (bicyclic) bond motifs is 1. The lowest BCUT2D eigenvalue weighted by Gasteiger charge is -2.58. The minimum atomic E-state index is -0.726. The zero-order valence-electron chi connectivity index (χ0n) is 14.7. The highest BCUT2D eigenvalue weighted by Gasteiger charge is 2.53. The molecule has 0 aliphatic heterocycles. The van der Waals surface area contributed by atoms with Crippen LogP contribution in [-0.2, 0) is 0 Å². The standard InChI is InChI=1S/C20H34O/c1-7-18(4,21)13-14-20(6)16(3)11-12-19(5)15(2)9-8-10-17(19)20/h7,9,16-17,21H,1,8,10-14H2,2-6H3/t16-,17-,18-,19+,20-/m0/s1. The summed E-state index contributed by atoms with van der Waals surface area (Å²) in [7, 11) is 0. The van der Waals surface area contributed by atoms with Crippen molar-refractivity contribution in [1.29, 1.82) is 0 Å². The summed E-state index contributed by atoms with van der Waals surface area (Å²) in [6.45, 7) is 15.4.